The fourth-order valence-corrected chi connectivity index (χ4v) is 3.43. The Balaban J connectivity index is 1.35. The van der Waals surface area contributed by atoms with Gasteiger partial charge in [0.15, 0.2) is 0 Å². The van der Waals surface area contributed by atoms with Gasteiger partial charge < -0.3 is 15.0 Å². The lowest BCUT2D eigenvalue weighted by atomic mass is 10.1. The van der Waals surface area contributed by atoms with E-state index in [1.54, 1.807) is 29.0 Å². The first-order valence-corrected chi connectivity index (χ1v) is 9.45. The van der Waals surface area contributed by atoms with Crippen LogP contribution in [0.1, 0.15) is 12.0 Å². The molecular formula is C22H22N4O3. The molecule has 0 aliphatic carbocycles. The Hall–Kier alpha value is -3.61. The Morgan fingerprint density at radius 3 is 2.72 bits per heavy atom. The molecule has 2 heterocycles. The van der Waals surface area contributed by atoms with E-state index in [0.29, 0.717) is 18.8 Å². The summed E-state index contributed by atoms with van der Waals surface area (Å²) >= 11 is 0. The number of carbonyl (C=O) groups excluding carboxylic acids is 2. The van der Waals surface area contributed by atoms with Crippen LogP contribution in [0.2, 0.25) is 0 Å². The van der Waals surface area contributed by atoms with Crippen molar-refractivity contribution in [1.82, 2.24) is 15.1 Å². The number of hydrogen-bond donors (Lipinski definition) is 1. The van der Waals surface area contributed by atoms with Crippen LogP contribution < -0.4 is 15.0 Å². The Kier molecular flexibility index (Phi) is 5.29. The van der Waals surface area contributed by atoms with E-state index >= 15 is 0 Å². The van der Waals surface area contributed by atoms with Crippen molar-refractivity contribution in [1.29, 1.82) is 0 Å². The zero-order chi connectivity index (χ0) is 20.2. The van der Waals surface area contributed by atoms with Crippen molar-refractivity contribution in [2.24, 2.45) is 5.92 Å². The second-order valence-electron chi connectivity index (χ2n) is 6.94. The summed E-state index contributed by atoms with van der Waals surface area (Å²) < 4.78 is 7.00. The fourth-order valence-electron chi connectivity index (χ4n) is 3.43. The minimum absolute atomic E-state index is 0.0537. The van der Waals surface area contributed by atoms with Crippen LogP contribution >= 0.6 is 0 Å². The highest BCUT2D eigenvalue weighted by atomic mass is 16.5. The standard InChI is InChI=1S/C22H22N4O3/c1-29-20-5-2-4-19(13-20)25-15-17(12-21(25)27)22(28)23-14-16-6-8-18(9-7-16)26-11-3-10-24-26/h2-11,13,17H,12,14-15H2,1H3,(H,23,28). The molecule has 2 amide bonds. The van der Waals surface area contributed by atoms with Crippen molar-refractivity contribution in [2.75, 3.05) is 18.6 Å². The molecule has 1 fully saturated rings. The molecule has 0 saturated carbocycles. The SMILES string of the molecule is COc1cccc(N2CC(C(=O)NCc3ccc(-n4cccn4)cc3)CC2=O)c1. The van der Waals surface area contributed by atoms with Gasteiger partial charge in [-0.1, -0.05) is 18.2 Å². The van der Waals surface area contributed by atoms with Gasteiger partial charge in [0.2, 0.25) is 11.8 Å². The van der Waals surface area contributed by atoms with Gasteiger partial charge in [-0.15, -0.1) is 0 Å². The molecule has 0 bridgehead atoms. The Morgan fingerprint density at radius 2 is 2.00 bits per heavy atom. The monoisotopic (exact) mass is 390 g/mol. The van der Waals surface area contributed by atoms with Gasteiger partial charge in [0, 0.05) is 43.7 Å². The molecule has 1 aliphatic rings. The van der Waals surface area contributed by atoms with E-state index in [0.717, 1.165) is 16.9 Å². The second kappa shape index (κ2) is 8.18. The van der Waals surface area contributed by atoms with Gasteiger partial charge in [0.05, 0.1) is 18.7 Å². The number of anilines is 1. The highest BCUT2D eigenvalue weighted by Gasteiger charge is 2.35. The molecule has 1 unspecified atom stereocenters. The van der Waals surface area contributed by atoms with E-state index in [4.69, 9.17) is 4.74 Å². The quantitative estimate of drug-likeness (QED) is 0.702. The minimum atomic E-state index is -0.364. The van der Waals surface area contributed by atoms with Crippen LogP contribution in [0.3, 0.4) is 0 Å². The average Bonchev–Trinajstić information content (AvgIpc) is 3.42. The van der Waals surface area contributed by atoms with Crippen molar-refractivity contribution in [3.05, 3.63) is 72.6 Å². The predicted molar refractivity (Wildman–Crippen MR) is 109 cm³/mol. The topological polar surface area (TPSA) is 76.5 Å². The third-order valence-corrected chi connectivity index (χ3v) is 5.03. The molecule has 2 aromatic carbocycles. The normalized spacial score (nSPS) is 16.1. The molecule has 7 nitrogen and oxygen atoms in total. The number of amides is 2. The van der Waals surface area contributed by atoms with Crippen LogP contribution in [-0.4, -0.2) is 35.2 Å². The average molecular weight is 390 g/mol. The first-order chi connectivity index (χ1) is 14.1. The molecule has 3 aromatic rings. The lowest BCUT2D eigenvalue weighted by Crippen LogP contribution is -2.32. The second-order valence-corrected chi connectivity index (χ2v) is 6.94. The first kappa shape index (κ1) is 18.7. The maximum atomic E-state index is 12.6. The molecule has 7 heteroatoms. The van der Waals surface area contributed by atoms with Crippen molar-refractivity contribution in [2.45, 2.75) is 13.0 Å². The summed E-state index contributed by atoms with van der Waals surface area (Å²) in [6.07, 6.45) is 3.81. The number of nitrogens with zero attached hydrogens (tertiary/aromatic N) is 3. The highest BCUT2D eigenvalue weighted by molar-refractivity contribution is 6.00. The lowest BCUT2D eigenvalue weighted by molar-refractivity contribution is -0.126. The zero-order valence-corrected chi connectivity index (χ0v) is 16.1. The third kappa shape index (κ3) is 4.13. The van der Waals surface area contributed by atoms with Gasteiger partial charge in [0.1, 0.15) is 5.75 Å². The number of methoxy groups -OCH3 is 1. The van der Waals surface area contributed by atoms with Gasteiger partial charge in [-0.25, -0.2) is 4.68 Å². The summed E-state index contributed by atoms with van der Waals surface area (Å²) in [6, 6.07) is 17.0. The van der Waals surface area contributed by atoms with E-state index in [2.05, 4.69) is 10.4 Å². The molecule has 1 saturated heterocycles. The summed E-state index contributed by atoms with van der Waals surface area (Å²) in [6.45, 7) is 0.790. The van der Waals surface area contributed by atoms with Crippen LogP contribution in [0.4, 0.5) is 5.69 Å². The van der Waals surface area contributed by atoms with Crippen molar-refractivity contribution in [3.8, 4) is 11.4 Å². The summed E-state index contributed by atoms with van der Waals surface area (Å²) in [5.74, 6) is 0.153. The van der Waals surface area contributed by atoms with Crippen molar-refractivity contribution in [3.63, 3.8) is 0 Å². The van der Waals surface area contributed by atoms with Gasteiger partial charge >= 0.3 is 0 Å². The number of hydrogen-bond acceptors (Lipinski definition) is 4. The molecule has 148 valence electrons. The van der Waals surface area contributed by atoms with Crippen LogP contribution in [0.5, 0.6) is 5.75 Å². The molecule has 0 radical (unpaired) electrons. The van der Waals surface area contributed by atoms with Crippen LogP contribution in [0.15, 0.2) is 67.0 Å². The molecule has 29 heavy (non-hydrogen) atoms. The Labute approximate surface area is 168 Å². The van der Waals surface area contributed by atoms with E-state index in [1.165, 1.54) is 0 Å². The molecule has 1 atom stereocenters. The smallest absolute Gasteiger partial charge is 0.227 e. The van der Waals surface area contributed by atoms with Gasteiger partial charge in [-0.3, -0.25) is 9.59 Å². The number of ether oxygens (including phenoxy) is 1. The number of aromatic nitrogens is 2. The maximum absolute atomic E-state index is 12.6. The first-order valence-electron chi connectivity index (χ1n) is 9.45. The highest BCUT2D eigenvalue weighted by Crippen LogP contribution is 2.28. The van der Waals surface area contributed by atoms with Crippen molar-refractivity contribution < 1.29 is 14.3 Å². The molecule has 0 spiro atoms. The molecule has 1 N–H and O–H groups in total. The summed E-state index contributed by atoms with van der Waals surface area (Å²) in [5, 5.41) is 7.14. The lowest BCUT2D eigenvalue weighted by Gasteiger charge is -2.17. The summed E-state index contributed by atoms with van der Waals surface area (Å²) in [7, 11) is 1.59. The number of nitrogens with one attached hydrogen (secondary N) is 1. The third-order valence-electron chi connectivity index (χ3n) is 5.03. The van der Waals surface area contributed by atoms with E-state index < -0.39 is 0 Å². The Morgan fingerprint density at radius 1 is 1.17 bits per heavy atom. The Bertz CT molecular complexity index is 999. The predicted octanol–water partition coefficient (Wildman–Crippen LogP) is 2.55. The van der Waals surface area contributed by atoms with Crippen LogP contribution in [0, 0.1) is 5.92 Å². The number of rotatable bonds is 6. The maximum Gasteiger partial charge on any atom is 0.227 e. The van der Waals surface area contributed by atoms with Gasteiger partial charge in [-0.2, -0.15) is 5.10 Å². The summed E-state index contributed by atoms with van der Waals surface area (Å²) in [5.41, 5.74) is 2.70. The molecular weight excluding hydrogens is 368 g/mol. The van der Waals surface area contributed by atoms with Gasteiger partial charge in [-0.05, 0) is 35.9 Å². The number of benzene rings is 2. The largest absolute Gasteiger partial charge is 0.497 e. The minimum Gasteiger partial charge on any atom is -0.497 e. The van der Waals surface area contributed by atoms with Gasteiger partial charge in [0.25, 0.3) is 0 Å². The number of carbonyl (C=O) groups is 2. The fraction of sp³-hybridized carbons (Fsp3) is 0.227. The van der Waals surface area contributed by atoms with Crippen LogP contribution in [0.25, 0.3) is 5.69 Å². The molecule has 1 aromatic heterocycles. The molecule has 4 rings (SSSR count). The van der Waals surface area contributed by atoms with E-state index in [1.807, 2.05) is 54.7 Å². The zero-order valence-electron chi connectivity index (χ0n) is 16.1. The van der Waals surface area contributed by atoms with Crippen molar-refractivity contribution >= 4 is 17.5 Å². The molecule has 1 aliphatic heterocycles. The van der Waals surface area contributed by atoms with Crippen LogP contribution in [-0.2, 0) is 16.1 Å². The van der Waals surface area contributed by atoms with E-state index in [9.17, 15) is 9.59 Å². The summed E-state index contributed by atoms with van der Waals surface area (Å²) in [4.78, 5) is 26.6. The van der Waals surface area contributed by atoms with E-state index in [-0.39, 0.29) is 24.2 Å².